The highest BCUT2D eigenvalue weighted by Crippen LogP contribution is 2.28. The van der Waals surface area contributed by atoms with Crippen LogP contribution in [0.5, 0.6) is 0 Å². The lowest BCUT2D eigenvalue weighted by molar-refractivity contribution is 0.0697. The zero-order chi connectivity index (χ0) is 14.8. The molecule has 0 atom stereocenters. The quantitative estimate of drug-likeness (QED) is 0.803. The third-order valence-electron chi connectivity index (χ3n) is 2.90. The molecule has 5 nitrogen and oxygen atoms in total. The summed E-state index contributed by atoms with van der Waals surface area (Å²) in [7, 11) is 0. The van der Waals surface area contributed by atoms with Crippen LogP contribution in [-0.4, -0.2) is 26.0 Å². The van der Waals surface area contributed by atoms with Crippen molar-refractivity contribution in [2.75, 3.05) is 0 Å². The van der Waals surface area contributed by atoms with Gasteiger partial charge in [0.1, 0.15) is 16.5 Å². The maximum absolute atomic E-state index is 11.0. The molecule has 2 aromatic heterocycles. The molecule has 1 aromatic carbocycles. The summed E-state index contributed by atoms with van der Waals surface area (Å²) in [4.78, 5) is 23.9. The third-order valence-corrected chi connectivity index (χ3v) is 3.77. The lowest BCUT2D eigenvalue weighted by atomic mass is 10.1. The second kappa shape index (κ2) is 5.41. The lowest BCUT2D eigenvalue weighted by Crippen LogP contribution is -1.95. The van der Waals surface area contributed by atoms with Crippen molar-refractivity contribution in [3.8, 4) is 22.0 Å². The largest absolute Gasteiger partial charge is 0.478 e. The molecule has 0 aliphatic rings. The van der Waals surface area contributed by atoms with Crippen molar-refractivity contribution in [3.63, 3.8) is 0 Å². The molecule has 104 valence electrons. The van der Waals surface area contributed by atoms with E-state index in [1.807, 2.05) is 24.4 Å². The molecular weight excluding hydrogens is 286 g/mol. The molecule has 0 radical (unpaired) electrons. The molecule has 21 heavy (non-hydrogen) atoms. The predicted octanol–water partition coefficient (Wildman–Crippen LogP) is 3.27. The van der Waals surface area contributed by atoms with Gasteiger partial charge < -0.3 is 5.11 Å². The normalized spacial score (nSPS) is 10.5. The van der Waals surface area contributed by atoms with Crippen molar-refractivity contribution in [1.29, 1.82) is 0 Å². The highest BCUT2D eigenvalue weighted by atomic mass is 32.1. The van der Waals surface area contributed by atoms with Crippen molar-refractivity contribution in [1.82, 2.24) is 15.0 Å². The van der Waals surface area contributed by atoms with Gasteiger partial charge in [0.25, 0.3) is 0 Å². The molecule has 6 heteroatoms. The minimum Gasteiger partial charge on any atom is -0.478 e. The van der Waals surface area contributed by atoms with Crippen molar-refractivity contribution in [2.24, 2.45) is 0 Å². The summed E-state index contributed by atoms with van der Waals surface area (Å²) in [5.74, 6) is -0.254. The predicted molar refractivity (Wildman–Crippen MR) is 80.3 cm³/mol. The Morgan fingerprint density at radius 2 is 2.05 bits per heavy atom. The molecule has 0 saturated carbocycles. The lowest BCUT2D eigenvalue weighted by Gasteiger charge is -1.99. The van der Waals surface area contributed by atoms with Gasteiger partial charge in [-0.1, -0.05) is 12.1 Å². The average molecular weight is 297 g/mol. The number of benzene rings is 1. The Morgan fingerprint density at radius 1 is 1.19 bits per heavy atom. The Morgan fingerprint density at radius 3 is 2.81 bits per heavy atom. The second-order valence-corrected chi connectivity index (χ2v) is 5.27. The van der Waals surface area contributed by atoms with Crippen LogP contribution in [0.15, 0.2) is 41.9 Å². The van der Waals surface area contributed by atoms with Gasteiger partial charge in [0, 0.05) is 17.1 Å². The van der Waals surface area contributed by atoms with Gasteiger partial charge in [0.2, 0.25) is 0 Å². The van der Waals surface area contributed by atoms with Gasteiger partial charge >= 0.3 is 5.97 Å². The van der Waals surface area contributed by atoms with E-state index < -0.39 is 5.97 Å². The number of carboxylic acids is 1. The van der Waals surface area contributed by atoms with Crippen LogP contribution in [0.4, 0.5) is 0 Å². The molecule has 0 saturated heterocycles. The molecule has 0 spiro atoms. The number of hydrogen-bond acceptors (Lipinski definition) is 5. The molecule has 2 heterocycles. The number of carbonyl (C=O) groups is 1. The van der Waals surface area contributed by atoms with E-state index in [9.17, 15) is 4.79 Å². The number of aromatic nitrogens is 3. The zero-order valence-corrected chi connectivity index (χ0v) is 12.0. The van der Waals surface area contributed by atoms with Gasteiger partial charge in [-0.3, -0.25) is 0 Å². The SMILES string of the molecule is Cc1nccc(-c2nc(-c3cccc(C(=O)O)c3)cs2)n1. The molecule has 0 unspecified atom stereocenters. The zero-order valence-electron chi connectivity index (χ0n) is 11.1. The van der Waals surface area contributed by atoms with Gasteiger partial charge in [0.05, 0.1) is 11.3 Å². The number of nitrogens with zero attached hydrogens (tertiary/aromatic N) is 3. The fourth-order valence-corrected chi connectivity index (χ4v) is 2.71. The molecule has 0 aliphatic carbocycles. The molecule has 0 fully saturated rings. The summed E-state index contributed by atoms with van der Waals surface area (Å²) in [5.41, 5.74) is 2.55. The standard InChI is InChI=1S/C15H11N3O2S/c1-9-16-6-5-12(17-9)14-18-13(8-21-14)10-3-2-4-11(7-10)15(19)20/h2-8H,1H3,(H,19,20). The fourth-order valence-electron chi connectivity index (χ4n) is 1.91. The highest BCUT2D eigenvalue weighted by Gasteiger charge is 2.10. The summed E-state index contributed by atoms with van der Waals surface area (Å²) in [5, 5.41) is 11.7. The minimum absolute atomic E-state index is 0.250. The third kappa shape index (κ3) is 2.80. The number of rotatable bonds is 3. The Labute approximate surface area is 125 Å². The van der Waals surface area contributed by atoms with Crippen molar-refractivity contribution >= 4 is 17.3 Å². The summed E-state index contributed by atoms with van der Waals surface area (Å²) in [6, 6.07) is 8.55. The number of aromatic carboxylic acids is 1. The number of carboxylic acid groups (broad SMARTS) is 1. The molecule has 3 rings (SSSR count). The number of aryl methyl sites for hydroxylation is 1. The van der Waals surface area contributed by atoms with Crippen molar-refractivity contribution in [2.45, 2.75) is 6.92 Å². The van der Waals surface area contributed by atoms with E-state index in [2.05, 4.69) is 15.0 Å². The van der Waals surface area contributed by atoms with Gasteiger partial charge in [-0.05, 0) is 25.1 Å². The first-order valence-electron chi connectivity index (χ1n) is 6.23. The van der Waals surface area contributed by atoms with E-state index in [-0.39, 0.29) is 5.56 Å². The topological polar surface area (TPSA) is 76.0 Å². The molecule has 0 aliphatic heterocycles. The van der Waals surface area contributed by atoms with Crippen molar-refractivity contribution in [3.05, 3.63) is 53.3 Å². The first-order valence-corrected chi connectivity index (χ1v) is 7.11. The van der Waals surface area contributed by atoms with Crippen LogP contribution >= 0.6 is 11.3 Å². The van der Waals surface area contributed by atoms with Gasteiger partial charge in [0.15, 0.2) is 0 Å². The molecule has 3 aromatic rings. The van der Waals surface area contributed by atoms with E-state index in [1.165, 1.54) is 11.3 Å². The second-order valence-electron chi connectivity index (χ2n) is 4.41. The summed E-state index contributed by atoms with van der Waals surface area (Å²) in [6.45, 7) is 1.83. The van der Waals surface area contributed by atoms with Gasteiger partial charge in [-0.25, -0.2) is 19.7 Å². The molecule has 0 amide bonds. The summed E-state index contributed by atoms with van der Waals surface area (Å²) >= 11 is 1.47. The number of thiazole rings is 1. The molecular formula is C15H11N3O2S. The summed E-state index contributed by atoms with van der Waals surface area (Å²) in [6.07, 6.45) is 1.70. The van der Waals surface area contributed by atoms with Crippen LogP contribution in [0, 0.1) is 6.92 Å². The maximum atomic E-state index is 11.0. The smallest absolute Gasteiger partial charge is 0.335 e. The molecule has 0 bridgehead atoms. The number of hydrogen-bond donors (Lipinski definition) is 1. The Kier molecular flexibility index (Phi) is 3.45. The van der Waals surface area contributed by atoms with Gasteiger partial charge in [-0.2, -0.15) is 0 Å². The van der Waals surface area contributed by atoms with E-state index in [0.29, 0.717) is 5.82 Å². The highest BCUT2D eigenvalue weighted by molar-refractivity contribution is 7.13. The minimum atomic E-state index is -0.946. The molecule has 1 N–H and O–H groups in total. The van der Waals surface area contributed by atoms with Crippen LogP contribution in [0.3, 0.4) is 0 Å². The van der Waals surface area contributed by atoms with E-state index in [4.69, 9.17) is 5.11 Å². The van der Waals surface area contributed by atoms with Crippen LogP contribution in [-0.2, 0) is 0 Å². The maximum Gasteiger partial charge on any atom is 0.335 e. The first-order chi connectivity index (χ1) is 10.1. The van der Waals surface area contributed by atoms with E-state index in [1.54, 1.807) is 24.4 Å². The monoisotopic (exact) mass is 297 g/mol. The fraction of sp³-hybridized carbons (Fsp3) is 0.0667. The Balaban J connectivity index is 1.98. The van der Waals surface area contributed by atoms with E-state index in [0.717, 1.165) is 22.0 Å². The van der Waals surface area contributed by atoms with Crippen LogP contribution in [0.1, 0.15) is 16.2 Å². The Hall–Kier alpha value is -2.60. The van der Waals surface area contributed by atoms with E-state index >= 15 is 0 Å². The van der Waals surface area contributed by atoms with Gasteiger partial charge in [-0.15, -0.1) is 11.3 Å². The Bertz CT molecular complexity index is 814. The van der Waals surface area contributed by atoms with Crippen LogP contribution in [0.2, 0.25) is 0 Å². The first kappa shape index (κ1) is 13.4. The van der Waals surface area contributed by atoms with Crippen molar-refractivity contribution < 1.29 is 9.90 Å². The van der Waals surface area contributed by atoms with Crippen LogP contribution < -0.4 is 0 Å². The summed E-state index contributed by atoms with van der Waals surface area (Å²) < 4.78 is 0. The van der Waals surface area contributed by atoms with Crippen LogP contribution in [0.25, 0.3) is 22.0 Å². The average Bonchev–Trinajstić information content (AvgIpc) is 2.97.